The lowest BCUT2D eigenvalue weighted by Gasteiger charge is -2.12. The van der Waals surface area contributed by atoms with Crippen molar-refractivity contribution in [2.45, 2.75) is 25.9 Å². The molecule has 5 aromatic rings. The van der Waals surface area contributed by atoms with Crippen LogP contribution in [0.25, 0.3) is 22.2 Å². The van der Waals surface area contributed by atoms with Crippen LogP contribution in [0.4, 0.5) is 34.8 Å². The number of H-pyrrole nitrogens is 1. The molecule has 3 N–H and O–H groups in total. The van der Waals surface area contributed by atoms with Crippen molar-refractivity contribution in [3.63, 3.8) is 0 Å². The third-order valence-corrected chi connectivity index (χ3v) is 6.59. The lowest BCUT2D eigenvalue weighted by Crippen LogP contribution is -2.20. The van der Waals surface area contributed by atoms with Gasteiger partial charge in [0.05, 0.1) is 35.1 Å². The number of pyridine rings is 2. The Bertz CT molecular complexity index is 1810. The fourth-order valence-electron chi connectivity index (χ4n) is 4.66. The van der Waals surface area contributed by atoms with E-state index >= 15 is 0 Å². The fraction of sp³-hybridized carbons (Fsp3) is 0.167. The lowest BCUT2D eigenvalue weighted by molar-refractivity contribution is -0.127. The van der Waals surface area contributed by atoms with Crippen LogP contribution >= 0.6 is 0 Å². The molecule has 3 aromatic heterocycles. The molecule has 0 saturated heterocycles. The first-order chi connectivity index (χ1) is 19.5. The summed E-state index contributed by atoms with van der Waals surface area (Å²) in [4.78, 5) is 33.2. The van der Waals surface area contributed by atoms with Gasteiger partial charge in [-0.05, 0) is 48.4 Å². The van der Waals surface area contributed by atoms with E-state index in [9.17, 15) is 27.2 Å². The minimum atomic E-state index is -4.50. The molecule has 1 amide bonds. The number of aromatic amines is 1. The Morgan fingerprint density at radius 3 is 2.51 bits per heavy atom. The van der Waals surface area contributed by atoms with Gasteiger partial charge in [-0.25, -0.2) is 9.37 Å². The van der Waals surface area contributed by atoms with Gasteiger partial charge in [0.1, 0.15) is 11.6 Å². The Labute approximate surface area is 231 Å². The predicted octanol–water partition coefficient (Wildman–Crippen LogP) is 6.41. The van der Waals surface area contributed by atoms with E-state index in [0.717, 1.165) is 10.1 Å². The molecule has 0 unspecified atom stereocenters. The number of fused-ring (bicyclic) bond motifs is 1. The van der Waals surface area contributed by atoms with E-state index in [4.69, 9.17) is 0 Å². The third-order valence-electron chi connectivity index (χ3n) is 6.59. The first-order valence-electron chi connectivity index (χ1n) is 12.6. The fourth-order valence-corrected chi connectivity index (χ4v) is 4.66. The zero-order chi connectivity index (χ0) is 29.3. The number of nitrogens with zero attached hydrogens (tertiary/aromatic N) is 2. The molecule has 11 heteroatoms. The number of carbonyl (C=O) groups is 1. The van der Waals surface area contributed by atoms with E-state index in [1.807, 2.05) is 19.1 Å². The van der Waals surface area contributed by atoms with Crippen molar-refractivity contribution in [2.75, 3.05) is 10.6 Å². The number of aromatic nitrogens is 3. The van der Waals surface area contributed by atoms with Crippen molar-refractivity contribution in [3.8, 4) is 11.3 Å². The quantitative estimate of drug-likeness (QED) is 0.200. The van der Waals surface area contributed by atoms with Gasteiger partial charge in [-0.1, -0.05) is 30.3 Å². The van der Waals surface area contributed by atoms with Crippen LogP contribution in [0.5, 0.6) is 0 Å². The number of nitrogens with one attached hydrogen (secondary N) is 3. The van der Waals surface area contributed by atoms with Crippen molar-refractivity contribution >= 4 is 34.0 Å². The normalized spacial score (nSPS) is 11.6. The molecular formula is C30H25F4N5O2. The molecule has 0 aliphatic carbocycles. The van der Waals surface area contributed by atoms with E-state index in [1.54, 1.807) is 24.3 Å². The summed E-state index contributed by atoms with van der Waals surface area (Å²) in [6.45, 7) is 1.87. The van der Waals surface area contributed by atoms with Crippen LogP contribution in [0.2, 0.25) is 0 Å². The molecule has 7 nitrogen and oxygen atoms in total. The summed E-state index contributed by atoms with van der Waals surface area (Å²) in [7, 11) is 1.41. The molecule has 0 aliphatic rings. The molecule has 41 heavy (non-hydrogen) atoms. The van der Waals surface area contributed by atoms with Gasteiger partial charge in [0.2, 0.25) is 5.91 Å². The van der Waals surface area contributed by atoms with Crippen LogP contribution in [0, 0.1) is 12.7 Å². The highest BCUT2D eigenvalue weighted by atomic mass is 19.4. The van der Waals surface area contributed by atoms with Gasteiger partial charge >= 0.3 is 6.18 Å². The van der Waals surface area contributed by atoms with Crippen LogP contribution in [0.15, 0.2) is 77.9 Å². The van der Waals surface area contributed by atoms with Gasteiger partial charge in [0.15, 0.2) is 0 Å². The standard InChI is InChI=1S/C30H25F4N5O2/c1-17-5-3-4-6-22(17)36-28-25-26(20(15-30(32,33)34)16-39(2)29(25)41)38-27(28)19-11-12-35-23(14-19)37-24(40)13-18-7-9-21(31)10-8-18/h3-12,14,16,36,38H,13,15H2,1-2H3,(H,35,37,40). The number of carbonyl (C=O) groups excluding carboxylic acids is 1. The highest BCUT2D eigenvalue weighted by Gasteiger charge is 2.31. The Morgan fingerprint density at radius 2 is 1.80 bits per heavy atom. The Kier molecular flexibility index (Phi) is 7.36. The maximum absolute atomic E-state index is 13.5. The van der Waals surface area contributed by atoms with Gasteiger partial charge < -0.3 is 20.2 Å². The van der Waals surface area contributed by atoms with E-state index < -0.39 is 29.9 Å². The van der Waals surface area contributed by atoms with Crippen LogP contribution < -0.4 is 16.2 Å². The smallest absolute Gasteiger partial charge is 0.353 e. The number of alkyl halides is 3. The number of anilines is 3. The molecule has 210 valence electrons. The highest BCUT2D eigenvalue weighted by molar-refractivity contribution is 6.04. The summed E-state index contributed by atoms with van der Waals surface area (Å²) < 4.78 is 54.8. The molecule has 3 heterocycles. The summed E-state index contributed by atoms with van der Waals surface area (Å²) in [6.07, 6.45) is -3.12. The average molecular weight is 564 g/mol. The first kappa shape index (κ1) is 27.6. The Balaban J connectivity index is 1.60. The van der Waals surface area contributed by atoms with E-state index in [-0.39, 0.29) is 28.7 Å². The summed E-state index contributed by atoms with van der Waals surface area (Å²) in [6, 6.07) is 16.0. The van der Waals surface area contributed by atoms with Gasteiger partial charge in [0.25, 0.3) is 5.56 Å². The number of hydrogen-bond donors (Lipinski definition) is 3. The van der Waals surface area contributed by atoms with Crippen LogP contribution in [0.3, 0.4) is 0 Å². The lowest BCUT2D eigenvalue weighted by atomic mass is 10.1. The molecule has 0 atom stereocenters. The Hall–Kier alpha value is -4.93. The van der Waals surface area contributed by atoms with Gasteiger partial charge in [-0.2, -0.15) is 13.2 Å². The number of aryl methyl sites for hydroxylation is 2. The summed E-state index contributed by atoms with van der Waals surface area (Å²) in [5.41, 5.74) is 2.76. The second-order valence-electron chi connectivity index (χ2n) is 9.71. The number of amides is 1. The van der Waals surface area contributed by atoms with Gasteiger partial charge in [-0.15, -0.1) is 0 Å². The maximum atomic E-state index is 13.5. The van der Waals surface area contributed by atoms with Crippen molar-refractivity contribution < 1.29 is 22.4 Å². The zero-order valence-electron chi connectivity index (χ0n) is 22.1. The monoisotopic (exact) mass is 563 g/mol. The summed E-state index contributed by atoms with van der Waals surface area (Å²) >= 11 is 0. The number of hydrogen-bond acceptors (Lipinski definition) is 4. The summed E-state index contributed by atoms with van der Waals surface area (Å²) in [5.74, 6) is -0.610. The molecule has 0 radical (unpaired) electrons. The molecule has 0 bridgehead atoms. The number of benzene rings is 2. The number of halogens is 4. The second kappa shape index (κ2) is 10.9. The minimum Gasteiger partial charge on any atom is -0.353 e. The molecular weight excluding hydrogens is 538 g/mol. The second-order valence-corrected chi connectivity index (χ2v) is 9.71. The predicted molar refractivity (Wildman–Crippen MR) is 150 cm³/mol. The van der Waals surface area contributed by atoms with E-state index in [0.29, 0.717) is 28.2 Å². The topological polar surface area (TPSA) is 91.8 Å². The van der Waals surface area contributed by atoms with Crippen LogP contribution in [-0.2, 0) is 24.7 Å². The van der Waals surface area contributed by atoms with Crippen molar-refractivity contribution in [1.29, 1.82) is 0 Å². The van der Waals surface area contributed by atoms with Crippen LogP contribution in [0.1, 0.15) is 16.7 Å². The van der Waals surface area contributed by atoms with E-state index in [1.165, 1.54) is 43.7 Å². The molecule has 5 rings (SSSR count). The maximum Gasteiger partial charge on any atom is 0.393 e. The van der Waals surface area contributed by atoms with E-state index in [2.05, 4.69) is 20.6 Å². The third kappa shape index (κ3) is 6.13. The number of rotatable bonds is 7. The minimum absolute atomic E-state index is 0.0183. The molecule has 0 saturated carbocycles. The van der Waals surface area contributed by atoms with Crippen molar-refractivity contribution in [1.82, 2.24) is 14.5 Å². The van der Waals surface area contributed by atoms with Crippen LogP contribution in [-0.4, -0.2) is 26.6 Å². The molecule has 2 aromatic carbocycles. The van der Waals surface area contributed by atoms with Crippen molar-refractivity contribution in [3.05, 3.63) is 106 Å². The average Bonchev–Trinajstić information content (AvgIpc) is 3.29. The molecule has 0 fully saturated rings. The SMILES string of the molecule is Cc1ccccc1Nc1c(-c2ccnc(NC(=O)Cc3ccc(F)cc3)c2)[nH]c2c(CC(F)(F)F)cn(C)c(=O)c12. The zero-order valence-corrected chi connectivity index (χ0v) is 22.1. The number of para-hydroxylation sites is 1. The van der Waals surface area contributed by atoms with Gasteiger partial charge in [-0.3, -0.25) is 9.59 Å². The summed E-state index contributed by atoms with van der Waals surface area (Å²) in [5, 5.41) is 6.03. The molecule has 0 spiro atoms. The first-order valence-corrected chi connectivity index (χ1v) is 12.6. The highest BCUT2D eigenvalue weighted by Crippen LogP contribution is 2.38. The largest absolute Gasteiger partial charge is 0.393 e. The van der Waals surface area contributed by atoms with Gasteiger partial charge in [0, 0.05) is 36.3 Å². The molecule has 0 aliphatic heterocycles. The van der Waals surface area contributed by atoms with Crippen molar-refractivity contribution in [2.24, 2.45) is 7.05 Å². The Morgan fingerprint density at radius 1 is 1.07 bits per heavy atom.